The molecule has 1 amide bonds. The van der Waals surface area contributed by atoms with Crippen LogP contribution in [0.1, 0.15) is 24.8 Å². The lowest BCUT2D eigenvalue weighted by Crippen LogP contribution is -2.47. The maximum Gasteiger partial charge on any atom is 0.223 e. The zero-order valence-electron chi connectivity index (χ0n) is 13.9. The number of amides is 1. The van der Waals surface area contributed by atoms with Crippen LogP contribution in [-0.2, 0) is 21.2 Å². The van der Waals surface area contributed by atoms with Crippen LogP contribution in [0.2, 0.25) is 0 Å². The van der Waals surface area contributed by atoms with Gasteiger partial charge in [-0.15, -0.1) is 0 Å². The maximum absolute atomic E-state index is 12.6. The Morgan fingerprint density at radius 2 is 1.92 bits per heavy atom. The highest BCUT2D eigenvalue weighted by Crippen LogP contribution is 2.27. The summed E-state index contributed by atoms with van der Waals surface area (Å²) in [5.41, 5.74) is 1.07. The molecule has 1 N–H and O–H groups in total. The van der Waals surface area contributed by atoms with Gasteiger partial charge in [0.2, 0.25) is 15.9 Å². The van der Waals surface area contributed by atoms with Gasteiger partial charge >= 0.3 is 0 Å². The monoisotopic (exact) mass is 352 g/mol. The molecule has 1 fully saturated rings. The van der Waals surface area contributed by atoms with Gasteiger partial charge in [-0.05, 0) is 37.3 Å². The van der Waals surface area contributed by atoms with Crippen LogP contribution in [0.5, 0.6) is 5.75 Å². The molecule has 6 nitrogen and oxygen atoms in total. The molecule has 3 rings (SSSR count). The molecule has 2 aliphatic heterocycles. The maximum atomic E-state index is 12.6. The minimum Gasteiger partial charge on any atom is -0.493 e. The van der Waals surface area contributed by atoms with E-state index in [9.17, 15) is 13.2 Å². The van der Waals surface area contributed by atoms with Gasteiger partial charge in [-0.1, -0.05) is 18.2 Å². The number of carbonyl (C=O) groups excluding carboxylic acids is 1. The number of para-hydroxylation sites is 1. The second kappa shape index (κ2) is 7.11. The first kappa shape index (κ1) is 17.2. The Morgan fingerprint density at radius 3 is 2.62 bits per heavy atom. The van der Waals surface area contributed by atoms with Crippen LogP contribution in [0.3, 0.4) is 0 Å². The van der Waals surface area contributed by atoms with E-state index in [0.717, 1.165) is 11.3 Å². The van der Waals surface area contributed by atoms with Crippen molar-refractivity contribution in [3.8, 4) is 5.75 Å². The van der Waals surface area contributed by atoms with Crippen molar-refractivity contribution in [3.63, 3.8) is 0 Å². The topological polar surface area (TPSA) is 75.7 Å². The fraction of sp³-hybridized carbons (Fsp3) is 0.588. The predicted octanol–water partition coefficient (Wildman–Crippen LogP) is 1.17. The summed E-state index contributed by atoms with van der Waals surface area (Å²) in [6.07, 6.45) is 3.94. The third-order valence-corrected chi connectivity index (χ3v) is 6.11. The number of fused-ring (bicyclic) bond motifs is 1. The van der Waals surface area contributed by atoms with E-state index in [1.165, 1.54) is 10.6 Å². The number of rotatable bonds is 3. The summed E-state index contributed by atoms with van der Waals surface area (Å²) in [5.74, 6) is 0.823. The highest BCUT2D eigenvalue weighted by molar-refractivity contribution is 7.88. The van der Waals surface area contributed by atoms with Gasteiger partial charge in [0.15, 0.2) is 0 Å². The Balaban J connectivity index is 1.56. The summed E-state index contributed by atoms with van der Waals surface area (Å²) in [7, 11) is -3.13. The van der Waals surface area contributed by atoms with Gasteiger partial charge in [0.25, 0.3) is 0 Å². The van der Waals surface area contributed by atoms with E-state index < -0.39 is 10.0 Å². The molecular weight excluding hydrogens is 328 g/mol. The van der Waals surface area contributed by atoms with Crippen molar-refractivity contribution in [1.82, 2.24) is 9.62 Å². The Morgan fingerprint density at radius 1 is 1.21 bits per heavy atom. The number of piperidine rings is 1. The third-order valence-electron chi connectivity index (χ3n) is 4.80. The van der Waals surface area contributed by atoms with Gasteiger partial charge in [-0.3, -0.25) is 4.79 Å². The fourth-order valence-corrected chi connectivity index (χ4v) is 4.24. The molecule has 0 bridgehead atoms. The number of nitrogens with one attached hydrogen (secondary N) is 1. The van der Waals surface area contributed by atoms with Crippen LogP contribution in [0.25, 0.3) is 0 Å². The molecule has 0 saturated carbocycles. The molecule has 132 valence electrons. The van der Waals surface area contributed by atoms with Gasteiger partial charge in [-0.25, -0.2) is 12.7 Å². The van der Waals surface area contributed by atoms with Crippen LogP contribution in [0.4, 0.5) is 0 Å². The quantitative estimate of drug-likeness (QED) is 0.886. The van der Waals surface area contributed by atoms with Gasteiger partial charge in [0.05, 0.1) is 12.9 Å². The molecule has 0 aliphatic carbocycles. The van der Waals surface area contributed by atoms with E-state index in [1.54, 1.807) is 0 Å². The van der Waals surface area contributed by atoms with Crippen molar-refractivity contribution < 1.29 is 17.9 Å². The van der Waals surface area contributed by atoms with Crippen LogP contribution in [-0.4, -0.2) is 50.6 Å². The van der Waals surface area contributed by atoms with E-state index in [-0.39, 0.29) is 17.9 Å². The molecule has 7 heteroatoms. The van der Waals surface area contributed by atoms with Gasteiger partial charge in [0.1, 0.15) is 5.75 Å². The molecule has 0 radical (unpaired) electrons. The SMILES string of the molecule is CS(=O)(=O)N1CCC(NC(=O)C2CCOc3ccccc3C2)CC1. The number of hydrogen-bond donors (Lipinski definition) is 1. The molecule has 1 saturated heterocycles. The zero-order valence-corrected chi connectivity index (χ0v) is 14.7. The lowest BCUT2D eigenvalue weighted by Gasteiger charge is -2.31. The minimum atomic E-state index is -3.13. The number of carbonyl (C=O) groups is 1. The van der Waals surface area contributed by atoms with E-state index in [2.05, 4.69) is 5.32 Å². The van der Waals surface area contributed by atoms with Gasteiger partial charge in [0, 0.05) is 25.0 Å². The smallest absolute Gasteiger partial charge is 0.223 e. The first-order valence-electron chi connectivity index (χ1n) is 8.39. The normalized spacial score (nSPS) is 23.0. The molecular formula is C17H24N2O4S. The first-order valence-corrected chi connectivity index (χ1v) is 10.2. The summed E-state index contributed by atoms with van der Waals surface area (Å²) in [6.45, 7) is 1.49. The fourth-order valence-electron chi connectivity index (χ4n) is 3.37. The first-order chi connectivity index (χ1) is 11.4. The standard InChI is InChI=1S/C17H24N2O4S/c1-24(21,22)19-9-6-15(7-10-19)18-17(20)14-8-11-23-16-5-3-2-4-13(16)12-14/h2-5,14-15H,6-12H2,1H3,(H,18,20). The second-order valence-corrected chi connectivity index (χ2v) is 8.57. The number of ether oxygens (including phenoxy) is 1. The second-order valence-electron chi connectivity index (χ2n) is 6.59. The number of benzene rings is 1. The lowest BCUT2D eigenvalue weighted by atomic mass is 9.95. The molecule has 2 heterocycles. The van der Waals surface area contributed by atoms with Crippen molar-refractivity contribution in [2.45, 2.75) is 31.7 Å². The minimum absolute atomic E-state index is 0.0492. The molecule has 1 atom stereocenters. The highest BCUT2D eigenvalue weighted by atomic mass is 32.2. The Bertz CT molecular complexity index is 696. The summed E-state index contributed by atoms with van der Waals surface area (Å²) >= 11 is 0. The predicted molar refractivity (Wildman–Crippen MR) is 91.3 cm³/mol. The third kappa shape index (κ3) is 4.08. The van der Waals surface area contributed by atoms with Gasteiger partial charge in [-0.2, -0.15) is 0 Å². The summed E-state index contributed by atoms with van der Waals surface area (Å²) < 4.78 is 30.3. The molecule has 1 aromatic rings. The molecule has 0 spiro atoms. The number of nitrogens with zero attached hydrogens (tertiary/aromatic N) is 1. The zero-order chi connectivity index (χ0) is 17.2. The molecule has 2 aliphatic rings. The van der Waals surface area contributed by atoms with E-state index >= 15 is 0 Å². The van der Waals surface area contributed by atoms with Crippen molar-refractivity contribution in [2.75, 3.05) is 26.0 Å². The molecule has 24 heavy (non-hydrogen) atoms. The lowest BCUT2D eigenvalue weighted by molar-refractivity contribution is -0.126. The van der Waals surface area contributed by atoms with Crippen LogP contribution < -0.4 is 10.1 Å². The number of hydrogen-bond acceptors (Lipinski definition) is 4. The van der Waals surface area contributed by atoms with Crippen molar-refractivity contribution in [2.24, 2.45) is 5.92 Å². The Kier molecular flexibility index (Phi) is 5.10. The van der Waals surface area contributed by atoms with E-state index in [0.29, 0.717) is 45.4 Å². The highest BCUT2D eigenvalue weighted by Gasteiger charge is 2.29. The van der Waals surface area contributed by atoms with E-state index in [1.807, 2.05) is 24.3 Å². The Labute approximate surface area is 143 Å². The van der Waals surface area contributed by atoms with Crippen LogP contribution in [0.15, 0.2) is 24.3 Å². The number of sulfonamides is 1. The van der Waals surface area contributed by atoms with Gasteiger partial charge < -0.3 is 10.1 Å². The molecule has 0 aromatic heterocycles. The van der Waals surface area contributed by atoms with Crippen LogP contribution in [0, 0.1) is 5.92 Å². The largest absolute Gasteiger partial charge is 0.493 e. The molecule has 1 unspecified atom stereocenters. The summed E-state index contributed by atoms with van der Waals surface area (Å²) in [4.78, 5) is 12.6. The van der Waals surface area contributed by atoms with E-state index in [4.69, 9.17) is 4.74 Å². The molecule has 1 aromatic carbocycles. The summed E-state index contributed by atoms with van der Waals surface area (Å²) in [5, 5.41) is 3.10. The average molecular weight is 352 g/mol. The Hall–Kier alpha value is -1.60. The average Bonchev–Trinajstić information content (AvgIpc) is 2.77. The van der Waals surface area contributed by atoms with Crippen LogP contribution >= 0.6 is 0 Å². The van der Waals surface area contributed by atoms with Crippen molar-refractivity contribution in [3.05, 3.63) is 29.8 Å². The summed E-state index contributed by atoms with van der Waals surface area (Å²) in [6, 6.07) is 7.90. The van der Waals surface area contributed by atoms with Crippen molar-refractivity contribution in [1.29, 1.82) is 0 Å². The van der Waals surface area contributed by atoms with Crippen molar-refractivity contribution >= 4 is 15.9 Å².